The number of urea groups is 1. The molecular weight excluding hydrogens is 236 g/mol. The minimum atomic E-state index is -0.908. The van der Waals surface area contributed by atoms with Gasteiger partial charge in [-0.25, -0.2) is 4.79 Å². The summed E-state index contributed by atoms with van der Waals surface area (Å²) in [5.41, 5.74) is 0. The third-order valence-corrected chi connectivity index (χ3v) is 3.42. The third kappa shape index (κ3) is 3.35. The Morgan fingerprint density at radius 1 is 1.50 bits per heavy atom. The van der Waals surface area contributed by atoms with E-state index in [4.69, 9.17) is 5.11 Å². The molecule has 2 atom stereocenters. The highest BCUT2D eigenvalue weighted by Crippen LogP contribution is 2.20. The summed E-state index contributed by atoms with van der Waals surface area (Å²) in [4.78, 5) is 26.2. The number of amides is 2. The summed E-state index contributed by atoms with van der Waals surface area (Å²) in [6.07, 6.45) is 1.64. The molecule has 18 heavy (non-hydrogen) atoms. The molecule has 1 saturated heterocycles. The van der Waals surface area contributed by atoms with Gasteiger partial charge in [0.05, 0.1) is 19.1 Å². The molecule has 0 bridgehead atoms. The maximum absolute atomic E-state index is 12.3. The summed E-state index contributed by atoms with van der Waals surface area (Å²) in [5, 5.41) is 18.0. The molecular formula is C12H22N2O4. The Labute approximate surface area is 107 Å². The van der Waals surface area contributed by atoms with Gasteiger partial charge < -0.3 is 20.0 Å². The van der Waals surface area contributed by atoms with Gasteiger partial charge in [-0.05, 0) is 26.7 Å². The molecule has 2 unspecified atom stereocenters. The number of rotatable bonds is 5. The van der Waals surface area contributed by atoms with Gasteiger partial charge in [0.1, 0.15) is 0 Å². The van der Waals surface area contributed by atoms with Crippen LogP contribution in [0.25, 0.3) is 0 Å². The summed E-state index contributed by atoms with van der Waals surface area (Å²) in [6.45, 7) is 4.65. The molecule has 104 valence electrons. The van der Waals surface area contributed by atoms with E-state index in [1.54, 1.807) is 16.7 Å². The van der Waals surface area contributed by atoms with Crippen LogP contribution in [-0.4, -0.2) is 63.8 Å². The van der Waals surface area contributed by atoms with Crippen molar-refractivity contribution in [2.24, 2.45) is 0 Å². The molecule has 0 radical (unpaired) electrons. The number of hydrogen-bond acceptors (Lipinski definition) is 3. The largest absolute Gasteiger partial charge is 0.481 e. The van der Waals surface area contributed by atoms with Gasteiger partial charge in [0.2, 0.25) is 0 Å². The minimum Gasteiger partial charge on any atom is -0.481 e. The number of hydrogen-bond donors (Lipinski definition) is 2. The van der Waals surface area contributed by atoms with E-state index in [-0.39, 0.29) is 31.1 Å². The Kier molecular flexibility index (Phi) is 5.40. The van der Waals surface area contributed by atoms with Crippen LogP contribution in [0.3, 0.4) is 0 Å². The van der Waals surface area contributed by atoms with Crippen molar-refractivity contribution in [1.82, 2.24) is 9.80 Å². The Hall–Kier alpha value is -1.30. The molecule has 2 amide bonds. The zero-order valence-electron chi connectivity index (χ0n) is 11.0. The number of aliphatic hydroxyl groups is 1. The van der Waals surface area contributed by atoms with Crippen LogP contribution in [0.2, 0.25) is 0 Å². The van der Waals surface area contributed by atoms with Crippen molar-refractivity contribution in [3.8, 4) is 0 Å². The molecule has 0 spiro atoms. The van der Waals surface area contributed by atoms with Gasteiger partial charge in [0, 0.05) is 19.1 Å². The van der Waals surface area contributed by atoms with E-state index in [1.165, 1.54) is 0 Å². The van der Waals surface area contributed by atoms with Gasteiger partial charge in [-0.1, -0.05) is 0 Å². The van der Waals surface area contributed by atoms with Crippen LogP contribution in [0.1, 0.15) is 33.1 Å². The number of nitrogens with zero attached hydrogens (tertiary/aromatic N) is 2. The Bertz CT molecular complexity index is 308. The number of carboxylic acids is 1. The smallest absolute Gasteiger partial charge is 0.320 e. The molecule has 1 aliphatic rings. The van der Waals surface area contributed by atoms with Crippen LogP contribution in [0.5, 0.6) is 0 Å². The summed E-state index contributed by atoms with van der Waals surface area (Å²) >= 11 is 0. The Morgan fingerprint density at radius 3 is 2.67 bits per heavy atom. The van der Waals surface area contributed by atoms with E-state index < -0.39 is 5.97 Å². The number of aliphatic carboxylic acids is 1. The molecule has 6 heteroatoms. The van der Waals surface area contributed by atoms with E-state index in [9.17, 15) is 14.7 Å². The number of carbonyl (C=O) groups excluding carboxylic acids is 1. The SMILES string of the molecule is CCN(C(=O)N1CCCC1CO)C(C)CC(=O)O. The van der Waals surface area contributed by atoms with Gasteiger partial charge in [0.25, 0.3) is 0 Å². The summed E-state index contributed by atoms with van der Waals surface area (Å²) < 4.78 is 0. The van der Waals surface area contributed by atoms with Gasteiger partial charge in [0.15, 0.2) is 0 Å². The first-order valence-electron chi connectivity index (χ1n) is 6.41. The lowest BCUT2D eigenvalue weighted by Gasteiger charge is -2.33. The lowest BCUT2D eigenvalue weighted by molar-refractivity contribution is -0.138. The highest BCUT2D eigenvalue weighted by atomic mass is 16.4. The van der Waals surface area contributed by atoms with Crippen molar-refractivity contribution in [3.63, 3.8) is 0 Å². The van der Waals surface area contributed by atoms with E-state index in [1.807, 2.05) is 6.92 Å². The van der Waals surface area contributed by atoms with Gasteiger partial charge in [-0.3, -0.25) is 4.79 Å². The van der Waals surface area contributed by atoms with Crippen LogP contribution < -0.4 is 0 Å². The Balaban J connectivity index is 2.69. The molecule has 1 heterocycles. The van der Waals surface area contributed by atoms with Crippen molar-refractivity contribution in [2.75, 3.05) is 19.7 Å². The molecule has 0 aliphatic carbocycles. The number of likely N-dealkylation sites (tertiary alicyclic amines) is 1. The van der Waals surface area contributed by atoms with Gasteiger partial charge in [-0.15, -0.1) is 0 Å². The monoisotopic (exact) mass is 258 g/mol. The van der Waals surface area contributed by atoms with Gasteiger partial charge in [-0.2, -0.15) is 0 Å². The fourth-order valence-corrected chi connectivity index (χ4v) is 2.44. The molecule has 6 nitrogen and oxygen atoms in total. The van der Waals surface area contributed by atoms with E-state index >= 15 is 0 Å². The first kappa shape index (κ1) is 14.8. The van der Waals surface area contributed by atoms with Crippen molar-refractivity contribution >= 4 is 12.0 Å². The summed E-state index contributed by atoms with van der Waals surface area (Å²) in [6, 6.07) is -0.619. The molecule has 0 aromatic rings. The lowest BCUT2D eigenvalue weighted by Crippen LogP contribution is -2.50. The van der Waals surface area contributed by atoms with Crippen molar-refractivity contribution < 1.29 is 19.8 Å². The first-order chi connectivity index (χ1) is 8.51. The second-order valence-electron chi connectivity index (χ2n) is 4.69. The molecule has 0 saturated carbocycles. The van der Waals surface area contributed by atoms with Crippen molar-refractivity contribution in [1.29, 1.82) is 0 Å². The highest BCUT2D eigenvalue weighted by molar-refractivity contribution is 5.76. The lowest BCUT2D eigenvalue weighted by atomic mass is 10.2. The standard InChI is InChI=1S/C12H22N2O4/c1-3-13(9(2)7-11(16)17)12(18)14-6-4-5-10(14)8-15/h9-10,15H,3-8H2,1-2H3,(H,16,17). The van der Waals surface area contributed by atoms with Crippen molar-refractivity contribution in [2.45, 2.75) is 45.2 Å². The van der Waals surface area contributed by atoms with E-state index in [2.05, 4.69) is 0 Å². The Morgan fingerprint density at radius 2 is 2.17 bits per heavy atom. The highest BCUT2D eigenvalue weighted by Gasteiger charge is 2.32. The van der Waals surface area contributed by atoms with Crippen LogP contribution in [0.15, 0.2) is 0 Å². The van der Waals surface area contributed by atoms with Crippen LogP contribution >= 0.6 is 0 Å². The number of carbonyl (C=O) groups is 2. The maximum atomic E-state index is 12.3. The molecule has 1 fully saturated rings. The zero-order chi connectivity index (χ0) is 13.7. The zero-order valence-corrected chi connectivity index (χ0v) is 11.0. The summed E-state index contributed by atoms with van der Waals surface area (Å²) in [7, 11) is 0. The number of aliphatic hydroxyl groups excluding tert-OH is 1. The van der Waals surface area contributed by atoms with Crippen LogP contribution in [-0.2, 0) is 4.79 Å². The fraction of sp³-hybridized carbons (Fsp3) is 0.833. The average Bonchev–Trinajstić information content (AvgIpc) is 2.76. The molecule has 0 aromatic heterocycles. The maximum Gasteiger partial charge on any atom is 0.320 e. The topological polar surface area (TPSA) is 81.1 Å². The second kappa shape index (κ2) is 6.58. The third-order valence-electron chi connectivity index (χ3n) is 3.42. The molecule has 0 aromatic carbocycles. The molecule has 2 N–H and O–H groups in total. The second-order valence-corrected chi connectivity index (χ2v) is 4.69. The van der Waals surface area contributed by atoms with Crippen molar-refractivity contribution in [3.05, 3.63) is 0 Å². The number of carboxylic acid groups (broad SMARTS) is 1. The normalized spacial score (nSPS) is 20.8. The predicted octanol–water partition coefficient (Wildman–Crippen LogP) is 0.748. The quantitative estimate of drug-likeness (QED) is 0.762. The van der Waals surface area contributed by atoms with Crippen LogP contribution in [0, 0.1) is 0 Å². The van der Waals surface area contributed by atoms with Crippen LogP contribution in [0.4, 0.5) is 4.79 Å². The minimum absolute atomic E-state index is 0.0311. The first-order valence-corrected chi connectivity index (χ1v) is 6.41. The molecule has 1 rings (SSSR count). The van der Waals surface area contributed by atoms with Gasteiger partial charge >= 0.3 is 12.0 Å². The average molecular weight is 258 g/mol. The predicted molar refractivity (Wildman–Crippen MR) is 66.3 cm³/mol. The van der Waals surface area contributed by atoms with E-state index in [0.29, 0.717) is 13.1 Å². The van der Waals surface area contributed by atoms with E-state index in [0.717, 1.165) is 12.8 Å². The molecule has 1 aliphatic heterocycles. The summed E-state index contributed by atoms with van der Waals surface area (Å²) in [5.74, 6) is -0.908. The fourth-order valence-electron chi connectivity index (χ4n) is 2.44.